The normalized spacial score (nSPS) is 15.5. The smallest absolute Gasteiger partial charge is 0.303 e. The van der Waals surface area contributed by atoms with Crippen LogP contribution in [0.25, 0.3) is 0 Å². The lowest BCUT2D eigenvalue weighted by molar-refractivity contribution is -0.136. The molecule has 0 aromatic carbocycles. The van der Waals surface area contributed by atoms with Crippen LogP contribution in [0.4, 0.5) is 0 Å². The van der Waals surface area contributed by atoms with E-state index in [4.69, 9.17) is 5.11 Å². The van der Waals surface area contributed by atoms with Gasteiger partial charge < -0.3 is 15.3 Å². The van der Waals surface area contributed by atoms with E-state index in [2.05, 4.69) is 24.3 Å². The third-order valence-electron chi connectivity index (χ3n) is 3.43. The fourth-order valence-electron chi connectivity index (χ4n) is 1.87. The third-order valence-corrected chi connectivity index (χ3v) is 3.43. The highest BCUT2D eigenvalue weighted by molar-refractivity contribution is 5.66. The molecule has 0 aliphatic heterocycles. The molecule has 0 aliphatic rings. The van der Waals surface area contributed by atoms with Crippen LogP contribution in [0.1, 0.15) is 45.4 Å². The topological polar surface area (TPSA) is 77.8 Å². The summed E-state index contributed by atoms with van der Waals surface area (Å²) in [7, 11) is 0. The van der Waals surface area contributed by atoms with Crippen molar-refractivity contribution in [2.24, 2.45) is 0 Å². The van der Waals surface area contributed by atoms with E-state index in [1.807, 2.05) is 43.4 Å². The number of aliphatic hydroxyl groups excluding tert-OH is 2. The molecule has 3 N–H and O–H groups in total. The highest BCUT2D eigenvalue weighted by atomic mass is 16.4. The molecule has 2 atom stereocenters. The Kier molecular flexibility index (Phi) is 16.2. The van der Waals surface area contributed by atoms with Crippen LogP contribution in [0.5, 0.6) is 0 Å². The number of aliphatic hydroxyl groups is 2. The molecule has 0 rings (SSSR count). The number of allylic oxidation sites excluding steroid dienone is 11. The lowest BCUT2D eigenvalue weighted by Crippen LogP contribution is -2.22. The van der Waals surface area contributed by atoms with Gasteiger partial charge in [0, 0.05) is 6.42 Å². The van der Waals surface area contributed by atoms with Crippen LogP contribution >= 0.6 is 0 Å². The van der Waals surface area contributed by atoms with Crippen molar-refractivity contribution < 1.29 is 20.1 Å². The number of carboxylic acid groups (broad SMARTS) is 1. The van der Waals surface area contributed by atoms with Crippen LogP contribution in [0, 0.1) is 0 Å². The van der Waals surface area contributed by atoms with E-state index >= 15 is 0 Å². The summed E-state index contributed by atoms with van der Waals surface area (Å²) in [5, 5.41) is 27.4. The summed E-state index contributed by atoms with van der Waals surface area (Å²) >= 11 is 0. The highest BCUT2D eigenvalue weighted by Crippen LogP contribution is 2.00. The molecule has 0 radical (unpaired) electrons. The maximum absolute atomic E-state index is 10.3. The maximum atomic E-state index is 10.3. The van der Waals surface area contributed by atoms with Gasteiger partial charge in [-0.05, 0) is 32.1 Å². The number of aliphatic carboxylic acids is 1. The lowest BCUT2D eigenvalue weighted by atomic mass is 10.1. The van der Waals surface area contributed by atoms with E-state index in [0.717, 1.165) is 19.3 Å². The Morgan fingerprint density at radius 1 is 0.808 bits per heavy atom. The van der Waals surface area contributed by atoms with E-state index in [0.29, 0.717) is 12.8 Å². The minimum atomic E-state index is -0.815. The Labute approximate surface area is 157 Å². The summed E-state index contributed by atoms with van der Waals surface area (Å²) in [6.07, 6.45) is 25.5. The quantitative estimate of drug-likeness (QED) is 0.315. The first-order chi connectivity index (χ1) is 12.6. The Bertz CT molecular complexity index is 524. The number of hydrogen-bond acceptors (Lipinski definition) is 3. The molecule has 0 spiro atoms. The Balaban J connectivity index is 3.72. The van der Waals surface area contributed by atoms with Crippen molar-refractivity contribution in [2.45, 2.75) is 57.7 Å². The summed E-state index contributed by atoms with van der Waals surface area (Å²) in [5.41, 5.74) is 0. The Morgan fingerprint density at radius 3 is 1.92 bits per heavy atom. The van der Waals surface area contributed by atoms with Gasteiger partial charge in [-0.25, -0.2) is 0 Å². The standard InChI is InChI=1S/C22H32O4/c1-2-20(23)21(24)18-16-14-12-10-8-6-4-3-5-7-9-11-13-15-17-19-22(25)26/h3-4,7-10,12-16,18,20-21,23-24H,2,5-6,11,17,19H2,1H3,(H,25,26)/b4-3-,9-7-,10-8-,14-12+,15-13-,18-16+. The van der Waals surface area contributed by atoms with Crippen LogP contribution in [0.15, 0.2) is 72.9 Å². The molecule has 4 nitrogen and oxygen atoms in total. The van der Waals surface area contributed by atoms with Crippen LogP contribution in [-0.2, 0) is 4.79 Å². The molecule has 0 bridgehead atoms. The summed E-state index contributed by atoms with van der Waals surface area (Å²) in [4.78, 5) is 10.3. The van der Waals surface area contributed by atoms with Gasteiger partial charge in [-0.2, -0.15) is 0 Å². The second kappa shape index (κ2) is 17.6. The molecule has 0 aromatic rings. The van der Waals surface area contributed by atoms with E-state index < -0.39 is 18.2 Å². The summed E-state index contributed by atoms with van der Waals surface area (Å²) in [6, 6.07) is 0. The molecule has 0 amide bonds. The fraction of sp³-hybridized carbons (Fsp3) is 0.409. The monoisotopic (exact) mass is 360 g/mol. The summed E-state index contributed by atoms with van der Waals surface area (Å²) in [6.45, 7) is 1.83. The van der Waals surface area contributed by atoms with Gasteiger partial charge in [-0.3, -0.25) is 4.79 Å². The summed E-state index contributed by atoms with van der Waals surface area (Å²) in [5.74, 6) is -0.762. The molecular weight excluding hydrogens is 328 g/mol. The average Bonchev–Trinajstić information content (AvgIpc) is 2.63. The zero-order chi connectivity index (χ0) is 19.5. The second-order valence-electron chi connectivity index (χ2n) is 5.72. The van der Waals surface area contributed by atoms with Gasteiger partial charge in [0.25, 0.3) is 0 Å². The number of carboxylic acids is 1. The molecule has 4 heteroatoms. The number of rotatable bonds is 14. The SMILES string of the molecule is CCC(O)C(O)/C=C/C=C/C=C\C/C=C\C/C=C\C/C=C\CCC(=O)O. The lowest BCUT2D eigenvalue weighted by Gasteiger charge is -2.10. The molecule has 0 saturated carbocycles. The molecule has 0 heterocycles. The second-order valence-corrected chi connectivity index (χ2v) is 5.72. The average molecular weight is 360 g/mol. The molecule has 144 valence electrons. The van der Waals surface area contributed by atoms with Crippen LogP contribution in [-0.4, -0.2) is 33.5 Å². The van der Waals surface area contributed by atoms with Gasteiger partial charge in [-0.15, -0.1) is 0 Å². The number of hydrogen-bond donors (Lipinski definition) is 3. The minimum Gasteiger partial charge on any atom is -0.481 e. The van der Waals surface area contributed by atoms with E-state index in [9.17, 15) is 15.0 Å². The molecule has 0 fully saturated rings. The van der Waals surface area contributed by atoms with Crippen LogP contribution < -0.4 is 0 Å². The van der Waals surface area contributed by atoms with Crippen molar-refractivity contribution in [1.82, 2.24) is 0 Å². The largest absolute Gasteiger partial charge is 0.481 e. The molecule has 0 aliphatic carbocycles. The molecule has 2 unspecified atom stereocenters. The van der Waals surface area contributed by atoms with Crippen molar-refractivity contribution in [3.05, 3.63) is 72.9 Å². The maximum Gasteiger partial charge on any atom is 0.303 e. The van der Waals surface area contributed by atoms with E-state index in [1.54, 1.807) is 12.2 Å². The molecule has 0 saturated heterocycles. The predicted molar refractivity (Wildman–Crippen MR) is 108 cm³/mol. The van der Waals surface area contributed by atoms with Gasteiger partial charge in [-0.1, -0.05) is 79.8 Å². The van der Waals surface area contributed by atoms with Crippen molar-refractivity contribution in [1.29, 1.82) is 0 Å². The van der Waals surface area contributed by atoms with Gasteiger partial charge in [0.05, 0.1) is 12.2 Å². The first-order valence-corrected chi connectivity index (χ1v) is 9.10. The summed E-state index contributed by atoms with van der Waals surface area (Å²) < 4.78 is 0. The molecule has 26 heavy (non-hydrogen) atoms. The predicted octanol–water partition coefficient (Wildman–Crippen LogP) is 4.49. The van der Waals surface area contributed by atoms with Gasteiger partial charge >= 0.3 is 5.97 Å². The first-order valence-electron chi connectivity index (χ1n) is 9.10. The van der Waals surface area contributed by atoms with Crippen LogP contribution in [0.3, 0.4) is 0 Å². The Morgan fingerprint density at radius 2 is 1.35 bits per heavy atom. The van der Waals surface area contributed by atoms with Crippen molar-refractivity contribution in [3.63, 3.8) is 0 Å². The van der Waals surface area contributed by atoms with E-state index in [1.165, 1.54) is 0 Å². The van der Waals surface area contributed by atoms with E-state index in [-0.39, 0.29) is 6.42 Å². The van der Waals surface area contributed by atoms with Crippen molar-refractivity contribution in [2.75, 3.05) is 0 Å². The Hall–Kier alpha value is -2.17. The fourth-order valence-corrected chi connectivity index (χ4v) is 1.87. The number of carbonyl (C=O) groups is 1. The van der Waals surface area contributed by atoms with Crippen molar-refractivity contribution in [3.8, 4) is 0 Å². The minimum absolute atomic E-state index is 0.186. The van der Waals surface area contributed by atoms with Crippen molar-refractivity contribution >= 4 is 5.97 Å². The molecular formula is C22H32O4. The molecule has 0 aromatic heterocycles. The highest BCUT2D eigenvalue weighted by Gasteiger charge is 2.08. The van der Waals surface area contributed by atoms with Gasteiger partial charge in [0.15, 0.2) is 0 Å². The van der Waals surface area contributed by atoms with Crippen LogP contribution in [0.2, 0.25) is 0 Å². The zero-order valence-electron chi connectivity index (χ0n) is 15.6. The third kappa shape index (κ3) is 16.7. The van der Waals surface area contributed by atoms with Gasteiger partial charge in [0.2, 0.25) is 0 Å². The zero-order valence-corrected chi connectivity index (χ0v) is 15.6. The first kappa shape index (κ1) is 23.8. The van der Waals surface area contributed by atoms with Gasteiger partial charge in [0.1, 0.15) is 0 Å².